The zero-order chi connectivity index (χ0) is 13.9. The first kappa shape index (κ1) is 13.3. The van der Waals surface area contributed by atoms with Crippen LogP contribution >= 0.6 is 11.6 Å². The normalized spacial score (nSPS) is 14.3. The molecule has 0 unspecified atom stereocenters. The van der Waals surface area contributed by atoms with Gasteiger partial charge in [-0.2, -0.15) is 0 Å². The Labute approximate surface area is 123 Å². The molecule has 20 heavy (non-hydrogen) atoms. The second kappa shape index (κ2) is 5.77. The Kier molecular flexibility index (Phi) is 3.85. The van der Waals surface area contributed by atoms with Crippen LogP contribution in [0.2, 0.25) is 5.02 Å². The van der Waals surface area contributed by atoms with Gasteiger partial charge < -0.3 is 10.1 Å². The van der Waals surface area contributed by atoms with Crippen molar-refractivity contribution in [3.8, 4) is 11.6 Å². The molecular weight excluding hydrogens is 274 g/mol. The molecule has 1 aromatic heterocycles. The van der Waals surface area contributed by atoms with Crippen molar-refractivity contribution >= 4 is 11.6 Å². The molecule has 1 fully saturated rings. The van der Waals surface area contributed by atoms with Crippen LogP contribution in [-0.4, -0.2) is 16.0 Å². The lowest BCUT2D eigenvalue weighted by atomic mass is 10.2. The summed E-state index contributed by atoms with van der Waals surface area (Å²) >= 11 is 5.99. The van der Waals surface area contributed by atoms with Crippen LogP contribution in [0.3, 0.4) is 0 Å². The molecule has 1 saturated carbocycles. The Morgan fingerprint density at radius 3 is 2.95 bits per heavy atom. The Balaban J connectivity index is 1.69. The Morgan fingerprint density at radius 2 is 2.20 bits per heavy atom. The van der Waals surface area contributed by atoms with Gasteiger partial charge in [0.1, 0.15) is 5.75 Å². The van der Waals surface area contributed by atoms with Gasteiger partial charge in [-0.05, 0) is 43.5 Å². The summed E-state index contributed by atoms with van der Waals surface area (Å²) in [5, 5.41) is 4.13. The molecule has 0 bridgehead atoms. The van der Waals surface area contributed by atoms with Crippen LogP contribution in [-0.2, 0) is 6.54 Å². The third-order valence-electron chi connectivity index (χ3n) is 3.16. The van der Waals surface area contributed by atoms with E-state index in [0.29, 0.717) is 17.7 Å². The number of rotatable bonds is 5. The van der Waals surface area contributed by atoms with Crippen LogP contribution < -0.4 is 10.1 Å². The molecule has 1 aliphatic carbocycles. The Morgan fingerprint density at radius 1 is 1.35 bits per heavy atom. The number of nitrogens with zero attached hydrogens (tertiary/aromatic N) is 2. The Hall–Kier alpha value is -1.65. The van der Waals surface area contributed by atoms with Gasteiger partial charge in [0.2, 0.25) is 5.88 Å². The fourth-order valence-electron chi connectivity index (χ4n) is 1.86. The summed E-state index contributed by atoms with van der Waals surface area (Å²) in [5.41, 5.74) is 1.86. The number of hydrogen-bond acceptors (Lipinski definition) is 4. The highest BCUT2D eigenvalue weighted by atomic mass is 35.5. The van der Waals surface area contributed by atoms with Gasteiger partial charge in [0.25, 0.3) is 0 Å². The van der Waals surface area contributed by atoms with E-state index in [1.54, 1.807) is 12.4 Å². The number of ether oxygens (including phenoxy) is 1. The highest BCUT2D eigenvalue weighted by Gasteiger charge is 2.20. The van der Waals surface area contributed by atoms with Gasteiger partial charge in [-0.25, -0.2) is 4.98 Å². The van der Waals surface area contributed by atoms with E-state index < -0.39 is 0 Å². The SMILES string of the molecule is Cc1cc(Oc2cncc(CNC3CC3)n2)ccc1Cl. The lowest BCUT2D eigenvalue weighted by molar-refractivity contribution is 0.456. The maximum Gasteiger partial charge on any atom is 0.238 e. The second-order valence-corrected chi connectivity index (χ2v) is 5.42. The van der Waals surface area contributed by atoms with Gasteiger partial charge in [-0.15, -0.1) is 0 Å². The average Bonchev–Trinajstić information content (AvgIpc) is 3.25. The van der Waals surface area contributed by atoms with Gasteiger partial charge in [0, 0.05) is 23.8 Å². The fraction of sp³-hybridized carbons (Fsp3) is 0.333. The minimum absolute atomic E-state index is 0.502. The van der Waals surface area contributed by atoms with Crippen molar-refractivity contribution in [3.05, 3.63) is 46.9 Å². The van der Waals surface area contributed by atoms with Crippen molar-refractivity contribution in [2.45, 2.75) is 32.4 Å². The zero-order valence-corrected chi connectivity index (χ0v) is 12.0. The molecule has 1 aliphatic rings. The largest absolute Gasteiger partial charge is 0.437 e. The molecule has 1 heterocycles. The lowest BCUT2D eigenvalue weighted by Crippen LogP contribution is -2.16. The third kappa shape index (κ3) is 3.46. The lowest BCUT2D eigenvalue weighted by Gasteiger charge is -2.08. The molecule has 1 aromatic carbocycles. The van der Waals surface area contributed by atoms with Gasteiger partial charge in [-0.1, -0.05) is 11.6 Å². The molecule has 4 nitrogen and oxygen atoms in total. The maximum absolute atomic E-state index is 5.99. The minimum atomic E-state index is 0.502. The fourth-order valence-corrected chi connectivity index (χ4v) is 1.98. The molecule has 3 rings (SSSR count). The highest BCUT2D eigenvalue weighted by Crippen LogP contribution is 2.24. The van der Waals surface area contributed by atoms with Crippen LogP contribution in [0.5, 0.6) is 11.6 Å². The predicted molar refractivity (Wildman–Crippen MR) is 78.2 cm³/mol. The molecule has 0 radical (unpaired) electrons. The van der Waals surface area contributed by atoms with E-state index in [1.165, 1.54) is 12.8 Å². The third-order valence-corrected chi connectivity index (χ3v) is 3.59. The van der Waals surface area contributed by atoms with Crippen LogP contribution in [0.25, 0.3) is 0 Å². The van der Waals surface area contributed by atoms with E-state index in [9.17, 15) is 0 Å². The molecule has 0 atom stereocenters. The van der Waals surface area contributed by atoms with Crippen molar-refractivity contribution in [2.24, 2.45) is 0 Å². The van der Waals surface area contributed by atoms with Crippen LogP contribution in [0.1, 0.15) is 24.1 Å². The summed E-state index contributed by atoms with van der Waals surface area (Å²) in [4.78, 5) is 8.61. The van der Waals surface area contributed by atoms with Crippen LogP contribution in [0.15, 0.2) is 30.6 Å². The zero-order valence-electron chi connectivity index (χ0n) is 11.3. The van der Waals surface area contributed by atoms with E-state index >= 15 is 0 Å². The summed E-state index contributed by atoms with van der Waals surface area (Å²) in [6, 6.07) is 6.18. The Bertz CT molecular complexity index is 614. The molecule has 0 amide bonds. The van der Waals surface area contributed by atoms with Gasteiger partial charge in [0.05, 0.1) is 11.9 Å². The smallest absolute Gasteiger partial charge is 0.238 e. The summed E-state index contributed by atoms with van der Waals surface area (Å²) in [7, 11) is 0. The van der Waals surface area contributed by atoms with Gasteiger partial charge in [0.15, 0.2) is 0 Å². The number of aromatic nitrogens is 2. The molecule has 5 heteroatoms. The second-order valence-electron chi connectivity index (χ2n) is 5.02. The first-order valence-corrected chi connectivity index (χ1v) is 7.07. The van der Waals surface area contributed by atoms with Gasteiger partial charge in [-0.3, -0.25) is 4.98 Å². The van der Waals surface area contributed by atoms with Crippen molar-refractivity contribution in [1.29, 1.82) is 0 Å². The molecule has 104 valence electrons. The number of nitrogens with one attached hydrogen (secondary N) is 1. The van der Waals surface area contributed by atoms with E-state index in [2.05, 4.69) is 15.3 Å². The van der Waals surface area contributed by atoms with Crippen molar-refractivity contribution < 1.29 is 4.74 Å². The predicted octanol–water partition coefficient (Wildman–Crippen LogP) is 3.48. The van der Waals surface area contributed by atoms with Crippen LogP contribution in [0, 0.1) is 6.92 Å². The first-order chi connectivity index (χ1) is 9.70. The van der Waals surface area contributed by atoms with Crippen molar-refractivity contribution in [1.82, 2.24) is 15.3 Å². The van der Waals surface area contributed by atoms with E-state index in [4.69, 9.17) is 16.3 Å². The molecule has 2 aromatic rings. The van der Waals surface area contributed by atoms with E-state index in [1.807, 2.05) is 25.1 Å². The molecule has 1 N–H and O–H groups in total. The first-order valence-electron chi connectivity index (χ1n) is 6.69. The maximum atomic E-state index is 5.99. The average molecular weight is 290 g/mol. The number of benzene rings is 1. The standard InChI is InChI=1S/C15H16ClN3O/c1-10-6-13(4-5-14(10)16)20-15-9-17-7-12(19-15)8-18-11-2-3-11/h4-7,9,11,18H,2-3,8H2,1H3. The number of hydrogen-bond donors (Lipinski definition) is 1. The molecule has 0 spiro atoms. The van der Waals surface area contributed by atoms with E-state index in [0.717, 1.165) is 22.8 Å². The van der Waals surface area contributed by atoms with E-state index in [-0.39, 0.29) is 0 Å². The number of aryl methyl sites for hydroxylation is 1. The van der Waals surface area contributed by atoms with Gasteiger partial charge >= 0.3 is 0 Å². The topological polar surface area (TPSA) is 47.0 Å². The summed E-state index contributed by atoms with van der Waals surface area (Å²) < 4.78 is 5.72. The van der Waals surface area contributed by atoms with Crippen molar-refractivity contribution in [3.63, 3.8) is 0 Å². The summed E-state index contributed by atoms with van der Waals surface area (Å²) in [6.07, 6.45) is 5.89. The highest BCUT2D eigenvalue weighted by molar-refractivity contribution is 6.31. The monoisotopic (exact) mass is 289 g/mol. The number of halogens is 1. The quantitative estimate of drug-likeness (QED) is 0.915. The van der Waals surface area contributed by atoms with Crippen LogP contribution in [0.4, 0.5) is 0 Å². The minimum Gasteiger partial charge on any atom is -0.437 e. The molecule has 0 saturated heterocycles. The van der Waals surface area contributed by atoms with Crippen molar-refractivity contribution in [2.75, 3.05) is 0 Å². The summed E-state index contributed by atoms with van der Waals surface area (Å²) in [5.74, 6) is 1.22. The molecular formula is C15H16ClN3O. The molecule has 0 aliphatic heterocycles. The summed E-state index contributed by atoms with van der Waals surface area (Å²) in [6.45, 7) is 2.67.